The Bertz CT molecular complexity index is 514. The molecule has 0 saturated heterocycles. The lowest BCUT2D eigenvalue weighted by atomic mass is 10.3. The van der Waals surface area contributed by atoms with Crippen molar-refractivity contribution in [2.75, 3.05) is 0 Å². The van der Waals surface area contributed by atoms with Gasteiger partial charge in [0.15, 0.2) is 0 Å². The molecular formula is C9H10ClN3O. The number of aryl methyl sites for hydroxylation is 1. The van der Waals surface area contributed by atoms with Gasteiger partial charge in [-0.2, -0.15) is 0 Å². The molecule has 0 bridgehead atoms. The van der Waals surface area contributed by atoms with Crippen molar-refractivity contribution >= 4 is 17.1 Å². The summed E-state index contributed by atoms with van der Waals surface area (Å²) in [6, 6.07) is 1.69. The molecule has 0 fully saturated rings. The van der Waals surface area contributed by atoms with Gasteiger partial charge in [0.2, 0.25) is 0 Å². The normalized spacial score (nSPS) is 11.0. The van der Waals surface area contributed by atoms with E-state index in [2.05, 4.69) is 9.97 Å². The molecule has 4 nitrogen and oxygen atoms in total. The van der Waals surface area contributed by atoms with Gasteiger partial charge < -0.3 is 0 Å². The van der Waals surface area contributed by atoms with E-state index in [1.165, 1.54) is 0 Å². The number of nitrogens with zero attached hydrogens (tertiary/aromatic N) is 2. The second-order valence-corrected chi connectivity index (χ2v) is 3.51. The predicted octanol–water partition coefficient (Wildman–Crippen LogP) is 1.63. The first-order valence-corrected chi connectivity index (χ1v) is 4.85. The van der Waals surface area contributed by atoms with E-state index in [0.717, 1.165) is 24.2 Å². The van der Waals surface area contributed by atoms with E-state index < -0.39 is 0 Å². The monoisotopic (exact) mass is 211 g/mol. The highest BCUT2D eigenvalue weighted by atomic mass is 35.5. The van der Waals surface area contributed by atoms with Crippen molar-refractivity contribution in [2.24, 2.45) is 0 Å². The fourth-order valence-electron chi connectivity index (χ4n) is 1.47. The van der Waals surface area contributed by atoms with Crippen LogP contribution in [0.2, 0.25) is 5.15 Å². The average molecular weight is 212 g/mol. The number of imidazole rings is 1. The number of fused-ring (bicyclic) bond motifs is 1. The Balaban J connectivity index is 2.73. The van der Waals surface area contributed by atoms with Crippen molar-refractivity contribution in [3.05, 3.63) is 33.7 Å². The number of H-pyrrole nitrogens is 1. The van der Waals surface area contributed by atoms with E-state index in [4.69, 9.17) is 11.6 Å². The van der Waals surface area contributed by atoms with E-state index in [1.54, 1.807) is 16.7 Å². The van der Waals surface area contributed by atoms with Crippen LogP contribution in [0.15, 0.2) is 17.1 Å². The molecule has 0 atom stereocenters. The van der Waals surface area contributed by atoms with Gasteiger partial charge in [0.25, 0.3) is 0 Å². The zero-order valence-electron chi connectivity index (χ0n) is 7.75. The number of rotatable bonds is 2. The van der Waals surface area contributed by atoms with Crippen molar-refractivity contribution in [3.8, 4) is 0 Å². The van der Waals surface area contributed by atoms with Crippen molar-refractivity contribution in [1.82, 2.24) is 14.4 Å². The number of halogens is 1. The molecule has 0 unspecified atom stereocenters. The maximum Gasteiger partial charge on any atom is 0.332 e. The third kappa shape index (κ3) is 1.42. The molecule has 0 amide bonds. The van der Waals surface area contributed by atoms with Gasteiger partial charge in [0.05, 0.1) is 11.7 Å². The summed E-state index contributed by atoms with van der Waals surface area (Å²) in [4.78, 5) is 18.2. The van der Waals surface area contributed by atoms with Crippen LogP contribution in [0.4, 0.5) is 0 Å². The second-order valence-electron chi connectivity index (χ2n) is 3.11. The summed E-state index contributed by atoms with van der Waals surface area (Å²) in [5.41, 5.74) is 0.510. The molecule has 0 aliphatic heterocycles. The van der Waals surface area contributed by atoms with Crippen LogP contribution in [-0.4, -0.2) is 14.4 Å². The Morgan fingerprint density at radius 3 is 3.14 bits per heavy atom. The number of aromatic amines is 1. The lowest BCUT2D eigenvalue weighted by molar-refractivity contribution is 0.807. The molecule has 14 heavy (non-hydrogen) atoms. The SMILES string of the molecule is CCCc1ncc2cc(Cl)[nH]c(=O)n12. The third-order valence-corrected chi connectivity index (χ3v) is 2.24. The van der Waals surface area contributed by atoms with Gasteiger partial charge in [-0.1, -0.05) is 18.5 Å². The maximum absolute atomic E-state index is 11.5. The summed E-state index contributed by atoms with van der Waals surface area (Å²) in [5.74, 6) is 0.778. The molecule has 0 saturated carbocycles. The number of aromatic nitrogens is 3. The van der Waals surface area contributed by atoms with Crippen LogP contribution in [0.25, 0.3) is 5.52 Å². The van der Waals surface area contributed by atoms with Crippen molar-refractivity contribution in [3.63, 3.8) is 0 Å². The summed E-state index contributed by atoms with van der Waals surface area (Å²) in [6.07, 6.45) is 3.41. The zero-order valence-corrected chi connectivity index (χ0v) is 8.51. The van der Waals surface area contributed by atoms with Gasteiger partial charge >= 0.3 is 5.69 Å². The zero-order chi connectivity index (χ0) is 10.1. The summed E-state index contributed by atoms with van der Waals surface area (Å²) < 4.78 is 1.55. The van der Waals surface area contributed by atoms with Gasteiger partial charge in [-0.3, -0.25) is 4.98 Å². The Hall–Kier alpha value is -1.29. The Morgan fingerprint density at radius 2 is 2.43 bits per heavy atom. The average Bonchev–Trinajstić information content (AvgIpc) is 2.49. The molecule has 5 heteroatoms. The van der Waals surface area contributed by atoms with Crippen LogP contribution in [0.3, 0.4) is 0 Å². The van der Waals surface area contributed by atoms with Gasteiger partial charge in [0, 0.05) is 6.42 Å². The van der Waals surface area contributed by atoms with E-state index in [9.17, 15) is 4.79 Å². The first-order chi connectivity index (χ1) is 6.72. The lowest BCUT2D eigenvalue weighted by Gasteiger charge is -1.98. The molecule has 0 aliphatic rings. The minimum atomic E-state index is -0.228. The van der Waals surface area contributed by atoms with Crippen molar-refractivity contribution in [2.45, 2.75) is 19.8 Å². The minimum absolute atomic E-state index is 0.228. The number of nitrogens with one attached hydrogen (secondary N) is 1. The minimum Gasteiger partial charge on any atom is -0.297 e. The highest BCUT2D eigenvalue weighted by Gasteiger charge is 2.06. The van der Waals surface area contributed by atoms with Crippen LogP contribution < -0.4 is 5.69 Å². The van der Waals surface area contributed by atoms with Crippen LogP contribution in [0.5, 0.6) is 0 Å². The highest BCUT2D eigenvalue weighted by molar-refractivity contribution is 6.29. The first kappa shape index (κ1) is 9.27. The number of hydrogen-bond acceptors (Lipinski definition) is 2. The molecule has 0 aliphatic carbocycles. The molecule has 0 radical (unpaired) electrons. The van der Waals surface area contributed by atoms with Crippen molar-refractivity contribution < 1.29 is 0 Å². The highest BCUT2D eigenvalue weighted by Crippen LogP contribution is 2.09. The third-order valence-electron chi connectivity index (χ3n) is 2.04. The van der Waals surface area contributed by atoms with E-state index >= 15 is 0 Å². The lowest BCUT2D eigenvalue weighted by Crippen LogP contribution is -2.18. The van der Waals surface area contributed by atoms with E-state index in [-0.39, 0.29) is 5.69 Å². The van der Waals surface area contributed by atoms with Crippen LogP contribution in [0, 0.1) is 0 Å². The fraction of sp³-hybridized carbons (Fsp3) is 0.333. The molecule has 1 N–H and O–H groups in total. The van der Waals surface area contributed by atoms with E-state index in [1.807, 2.05) is 6.92 Å². The molecule has 2 heterocycles. The maximum atomic E-state index is 11.5. The quantitative estimate of drug-likeness (QED) is 0.768. The topological polar surface area (TPSA) is 50.2 Å². The largest absolute Gasteiger partial charge is 0.332 e. The molecular weight excluding hydrogens is 202 g/mol. The summed E-state index contributed by atoms with van der Waals surface area (Å²) in [7, 11) is 0. The summed E-state index contributed by atoms with van der Waals surface area (Å²) >= 11 is 5.71. The van der Waals surface area contributed by atoms with Crippen LogP contribution in [0.1, 0.15) is 19.2 Å². The Labute approximate surface area is 85.5 Å². The first-order valence-electron chi connectivity index (χ1n) is 4.47. The van der Waals surface area contributed by atoms with Crippen molar-refractivity contribution in [1.29, 1.82) is 0 Å². The smallest absolute Gasteiger partial charge is 0.297 e. The molecule has 2 aromatic heterocycles. The van der Waals surface area contributed by atoms with Crippen LogP contribution in [-0.2, 0) is 6.42 Å². The number of hydrogen-bond donors (Lipinski definition) is 1. The fourth-order valence-corrected chi connectivity index (χ4v) is 1.66. The van der Waals surface area contributed by atoms with Gasteiger partial charge in [0.1, 0.15) is 11.0 Å². The van der Waals surface area contributed by atoms with E-state index in [0.29, 0.717) is 5.15 Å². The summed E-state index contributed by atoms with van der Waals surface area (Å²) in [5, 5.41) is 0.338. The van der Waals surface area contributed by atoms with Gasteiger partial charge in [-0.15, -0.1) is 0 Å². The molecule has 0 aromatic carbocycles. The van der Waals surface area contributed by atoms with Crippen LogP contribution >= 0.6 is 11.6 Å². The van der Waals surface area contributed by atoms with Gasteiger partial charge in [-0.05, 0) is 12.5 Å². The molecule has 74 valence electrons. The Morgan fingerprint density at radius 1 is 1.64 bits per heavy atom. The van der Waals surface area contributed by atoms with Gasteiger partial charge in [-0.25, -0.2) is 14.2 Å². The second kappa shape index (κ2) is 3.46. The Kier molecular flexibility index (Phi) is 2.29. The standard InChI is InChI=1S/C9H10ClN3O/c1-2-3-8-11-5-6-4-7(10)12-9(14)13(6)8/h4-5H,2-3H2,1H3,(H,12,14). The predicted molar refractivity (Wildman–Crippen MR) is 54.8 cm³/mol. The molecule has 2 aromatic rings. The molecule has 0 spiro atoms. The summed E-state index contributed by atoms with van der Waals surface area (Å²) in [6.45, 7) is 2.05. The molecule has 2 rings (SSSR count).